The van der Waals surface area contributed by atoms with E-state index in [-0.39, 0.29) is 12.5 Å². The Labute approximate surface area is 168 Å². The third-order valence-corrected chi connectivity index (χ3v) is 4.10. The number of nitrogens with zero attached hydrogens (tertiary/aromatic N) is 3. The van der Waals surface area contributed by atoms with Gasteiger partial charge in [0, 0.05) is 12.6 Å². The van der Waals surface area contributed by atoms with Gasteiger partial charge in [-0.05, 0) is 67.0 Å². The van der Waals surface area contributed by atoms with Crippen LogP contribution < -0.4 is 10.1 Å². The predicted molar refractivity (Wildman–Crippen MR) is 111 cm³/mol. The zero-order valence-electron chi connectivity index (χ0n) is 15.9. The number of hydrogen-bond acceptors (Lipinski definition) is 5. The molecule has 144 valence electrons. The second-order valence-corrected chi connectivity index (χ2v) is 6.80. The second kappa shape index (κ2) is 8.62. The van der Waals surface area contributed by atoms with Crippen LogP contribution in [0.1, 0.15) is 29.4 Å². The first-order valence-electron chi connectivity index (χ1n) is 8.70. The highest BCUT2D eigenvalue weighted by Crippen LogP contribution is 2.17. The molecule has 8 heteroatoms. The molecule has 28 heavy (non-hydrogen) atoms. The molecule has 1 amide bonds. The number of benzene rings is 2. The summed E-state index contributed by atoms with van der Waals surface area (Å²) in [6.45, 7) is 5.75. The lowest BCUT2D eigenvalue weighted by molar-refractivity contribution is -0.114. The van der Waals surface area contributed by atoms with E-state index in [0.717, 1.165) is 28.1 Å². The van der Waals surface area contributed by atoms with Gasteiger partial charge in [-0.15, -0.1) is 0 Å². The minimum Gasteiger partial charge on any atom is -0.486 e. The van der Waals surface area contributed by atoms with E-state index in [4.69, 9.17) is 17.0 Å². The number of H-pyrrole nitrogens is 1. The number of aryl methyl sites for hydroxylation is 2. The monoisotopic (exact) mass is 395 g/mol. The van der Waals surface area contributed by atoms with Crippen molar-refractivity contribution in [3.8, 4) is 5.75 Å². The number of aromatic nitrogens is 3. The first kappa shape index (κ1) is 19.5. The summed E-state index contributed by atoms with van der Waals surface area (Å²) in [5.41, 5.74) is 3.86. The molecule has 0 aliphatic carbocycles. The molecule has 0 aliphatic heterocycles. The highest BCUT2D eigenvalue weighted by molar-refractivity contribution is 7.71. The van der Waals surface area contributed by atoms with E-state index in [0.29, 0.717) is 10.6 Å². The Kier molecular flexibility index (Phi) is 6.00. The normalized spacial score (nSPS) is 11.0. The maximum atomic E-state index is 11.1. The lowest BCUT2D eigenvalue weighted by Crippen LogP contribution is -2.05. The van der Waals surface area contributed by atoms with E-state index in [1.165, 1.54) is 11.6 Å². The molecule has 3 aromatic rings. The highest BCUT2D eigenvalue weighted by Gasteiger charge is 2.07. The van der Waals surface area contributed by atoms with Crippen LogP contribution in [0, 0.1) is 18.6 Å². The molecule has 0 atom stereocenters. The van der Waals surface area contributed by atoms with Crippen LogP contribution in [0.5, 0.6) is 5.75 Å². The molecule has 0 radical (unpaired) electrons. The van der Waals surface area contributed by atoms with Gasteiger partial charge in [-0.25, -0.2) is 5.10 Å². The number of ether oxygens (including phenoxy) is 1. The molecule has 0 spiro atoms. The van der Waals surface area contributed by atoms with E-state index in [9.17, 15) is 4.79 Å². The number of hydrogen-bond donors (Lipinski definition) is 2. The molecular weight excluding hydrogens is 374 g/mol. The molecule has 1 aromatic heterocycles. The maximum absolute atomic E-state index is 11.1. The topological polar surface area (TPSA) is 84.3 Å². The first-order valence-corrected chi connectivity index (χ1v) is 9.11. The van der Waals surface area contributed by atoms with Crippen LogP contribution in [-0.2, 0) is 11.4 Å². The van der Waals surface area contributed by atoms with Gasteiger partial charge in [-0.3, -0.25) is 4.79 Å². The zero-order valence-corrected chi connectivity index (χ0v) is 16.7. The Morgan fingerprint density at radius 1 is 1.25 bits per heavy atom. The molecule has 1 heterocycles. The van der Waals surface area contributed by atoms with Crippen molar-refractivity contribution in [3.05, 3.63) is 69.8 Å². The van der Waals surface area contributed by atoms with E-state index in [1.807, 2.05) is 50.2 Å². The summed E-state index contributed by atoms with van der Waals surface area (Å²) >= 11 is 5.26. The minimum atomic E-state index is -0.112. The number of amides is 1. The van der Waals surface area contributed by atoms with Crippen LogP contribution >= 0.6 is 12.2 Å². The molecule has 2 aromatic carbocycles. The molecule has 0 bridgehead atoms. The summed E-state index contributed by atoms with van der Waals surface area (Å²) in [6.07, 6.45) is 1.67. The van der Waals surface area contributed by atoms with Crippen LogP contribution in [0.15, 0.2) is 47.6 Å². The molecule has 0 unspecified atom stereocenters. The molecule has 7 nitrogen and oxygen atoms in total. The van der Waals surface area contributed by atoms with Gasteiger partial charge in [0.15, 0.2) is 5.82 Å². The Hall–Kier alpha value is -3.26. The first-order chi connectivity index (χ1) is 13.4. The fraction of sp³-hybridized carbons (Fsp3) is 0.200. The number of rotatable bonds is 6. The van der Waals surface area contributed by atoms with Crippen LogP contribution in [0.2, 0.25) is 0 Å². The van der Waals surface area contributed by atoms with E-state index in [2.05, 4.69) is 26.7 Å². The molecule has 0 saturated carbocycles. The smallest absolute Gasteiger partial charge is 0.221 e. The Balaban J connectivity index is 1.72. The fourth-order valence-electron chi connectivity index (χ4n) is 2.68. The van der Waals surface area contributed by atoms with Gasteiger partial charge in [-0.2, -0.15) is 14.9 Å². The van der Waals surface area contributed by atoms with Crippen molar-refractivity contribution in [1.29, 1.82) is 0 Å². The third kappa shape index (κ3) is 5.14. The Morgan fingerprint density at radius 3 is 2.57 bits per heavy atom. The van der Waals surface area contributed by atoms with Crippen LogP contribution in [0.4, 0.5) is 5.69 Å². The zero-order chi connectivity index (χ0) is 20.1. The summed E-state index contributed by atoms with van der Waals surface area (Å²) in [5, 5.41) is 14.1. The van der Waals surface area contributed by atoms with Crippen LogP contribution in [0.3, 0.4) is 0 Å². The summed E-state index contributed by atoms with van der Waals surface area (Å²) in [7, 11) is 0. The summed E-state index contributed by atoms with van der Waals surface area (Å²) < 4.78 is 7.76. The molecule has 3 rings (SSSR count). The summed E-state index contributed by atoms with van der Waals surface area (Å²) in [5.74, 6) is 1.23. The Morgan fingerprint density at radius 2 is 1.93 bits per heavy atom. The maximum Gasteiger partial charge on any atom is 0.221 e. The van der Waals surface area contributed by atoms with Gasteiger partial charge in [0.1, 0.15) is 12.4 Å². The number of anilines is 1. The lowest BCUT2D eigenvalue weighted by atomic mass is 10.1. The summed E-state index contributed by atoms with van der Waals surface area (Å²) in [4.78, 5) is 11.1. The quantitative estimate of drug-likeness (QED) is 0.488. The Bertz CT molecular complexity index is 1050. The van der Waals surface area contributed by atoms with Gasteiger partial charge >= 0.3 is 0 Å². The van der Waals surface area contributed by atoms with Crippen molar-refractivity contribution in [3.63, 3.8) is 0 Å². The van der Waals surface area contributed by atoms with Crippen molar-refractivity contribution >= 4 is 30.0 Å². The van der Waals surface area contributed by atoms with Crippen LogP contribution in [0.25, 0.3) is 0 Å². The molecule has 0 aliphatic rings. The van der Waals surface area contributed by atoms with Gasteiger partial charge in [0.2, 0.25) is 10.7 Å². The summed E-state index contributed by atoms with van der Waals surface area (Å²) in [6, 6.07) is 13.3. The van der Waals surface area contributed by atoms with Crippen molar-refractivity contribution in [2.75, 3.05) is 5.32 Å². The molecular formula is C20H21N5O2S. The number of carbonyl (C=O) groups is 1. The number of nitrogens with one attached hydrogen (secondary N) is 2. The van der Waals surface area contributed by atoms with Gasteiger partial charge in [-0.1, -0.05) is 18.2 Å². The van der Waals surface area contributed by atoms with Crippen molar-refractivity contribution in [2.45, 2.75) is 27.4 Å². The molecule has 2 N–H and O–H groups in total. The van der Waals surface area contributed by atoms with E-state index in [1.54, 1.807) is 6.21 Å². The largest absolute Gasteiger partial charge is 0.486 e. The average Bonchev–Trinajstić information content (AvgIpc) is 2.98. The molecule has 0 saturated heterocycles. The van der Waals surface area contributed by atoms with E-state index < -0.39 is 0 Å². The van der Waals surface area contributed by atoms with Crippen molar-refractivity contribution in [1.82, 2.24) is 14.9 Å². The number of carbonyl (C=O) groups excluding carboxylic acids is 1. The van der Waals surface area contributed by atoms with Crippen molar-refractivity contribution < 1.29 is 9.53 Å². The number of aromatic amines is 1. The SMILES string of the molecule is CC(=O)Nc1ccc(/C=N\n2c(COc3cc(C)cc(C)c3)n[nH]c2=S)cc1. The standard InChI is InChI=1S/C20H21N5O2S/c1-13-8-14(2)10-18(9-13)27-12-19-23-24-20(28)25(19)21-11-16-4-6-17(7-5-16)22-15(3)26/h4-11H,12H2,1-3H3,(H,22,26)(H,24,28)/b21-11-. The third-order valence-electron chi connectivity index (χ3n) is 3.83. The van der Waals surface area contributed by atoms with Gasteiger partial charge in [0.25, 0.3) is 0 Å². The van der Waals surface area contributed by atoms with Crippen LogP contribution in [-0.4, -0.2) is 27.0 Å². The predicted octanol–water partition coefficient (Wildman–Crippen LogP) is 3.98. The lowest BCUT2D eigenvalue weighted by Gasteiger charge is -2.07. The van der Waals surface area contributed by atoms with Gasteiger partial charge in [0.05, 0.1) is 6.21 Å². The molecule has 0 fully saturated rings. The second-order valence-electron chi connectivity index (χ2n) is 6.42. The minimum absolute atomic E-state index is 0.112. The van der Waals surface area contributed by atoms with Gasteiger partial charge < -0.3 is 10.1 Å². The fourth-order valence-corrected chi connectivity index (χ4v) is 2.88. The average molecular weight is 395 g/mol. The highest BCUT2D eigenvalue weighted by atomic mass is 32.1. The van der Waals surface area contributed by atoms with E-state index >= 15 is 0 Å². The van der Waals surface area contributed by atoms with Crippen molar-refractivity contribution in [2.24, 2.45) is 5.10 Å².